The third-order valence-electron chi connectivity index (χ3n) is 9.09. The summed E-state index contributed by atoms with van der Waals surface area (Å²) in [5, 5.41) is 18.9. The van der Waals surface area contributed by atoms with Crippen LogP contribution in [-0.2, 0) is 34.6 Å². The number of aromatic amines is 1. The fourth-order valence-electron chi connectivity index (χ4n) is 6.06. The van der Waals surface area contributed by atoms with E-state index in [1.165, 1.54) is 38.5 Å². The van der Waals surface area contributed by atoms with E-state index < -0.39 is 12.1 Å². The number of aldehydes is 1. The summed E-state index contributed by atoms with van der Waals surface area (Å²) in [5.74, 6) is 2.78. The van der Waals surface area contributed by atoms with Crippen molar-refractivity contribution in [3.8, 4) is 11.8 Å². The van der Waals surface area contributed by atoms with Crippen LogP contribution in [0.2, 0.25) is 0 Å². The van der Waals surface area contributed by atoms with Crippen LogP contribution in [0.1, 0.15) is 91.2 Å². The number of likely N-dealkylation sites (tertiary alicyclic amines) is 1. The molecule has 1 saturated heterocycles. The van der Waals surface area contributed by atoms with Crippen LogP contribution >= 0.6 is 0 Å². The molecule has 5 unspecified atom stereocenters. The monoisotopic (exact) mass is 689 g/mol. The summed E-state index contributed by atoms with van der Waals surface area (Å²) in [7, 11) is 3.51. The SMILES string of the molecule is CC(C)(C)C(C=O)NC(=O)O.CN1CCC(CC#N)C1[C-]=O.COc1ccc2nc(CCCCCC3CCCC3C)c(=O)[nH]c2c1.[V]. The van der Waals surface area contributed by atoms with Crippen LogP contribution in [0.5, 0.6) is 5.75 Å². The number of carboxylic acid groups (broad SMARTS) is 1. The predicted octanol–water partition coefficient (Wildman–Crippen LogP) is 5.67. The number of unbranched alkanes of at least 4 members (excludes halogenated alkanes) is 2. The van der Waals surface area contributed by atoms with Crippen molar-refractivity contribution in [2.75, 3.05) is 20.7 Å². The van der Waals surface area contributed by atoms with Gasteiger partial charge in [0, 0.05) is 31.0 Å². The molecule has 2 aliphatic rings. The molecule has 2 aromatic rings. The van der Waals surface area contributed by atoms with Crippen LogP contribution in [0.15, 0.2) is 23.0 Å². The normalized spacial score (nSPS) is 21.1. The molecule has 1 aromatic heterocycles. The van der Waals surface area contributed by atoms with Crippen LogP contribution in [0, 0.1) is 34.5 Å². The molecule has 5 atom stereocenters. The Hall–Kier alpha value is -3.20. The summed E-state index contributed by atoms with van der Waals surface area (Å²) in [6, 6.07) is 6.90. The van der Waals surface area contributed by atoms with Gasteiger partial charge in [-0.1, -0.05) is 72.3 Å². The number of H-pyrrole nitrogens is 1. The maximum Gasteiger partial charge on any atom is 0.405 e. The number of nitriles is 1. The minimum Gasteiger partial charge on any atom is -0.540 e. The second-order valence-electron chi connectivity index (χ2n) is 13.5. The molecule has 1 aliphatic heterocycles. The van der Waals surface area contributed by atoms with Crippen molar-refractivity contribution in [1.82, 2.24) is 20.2 Å². The molecule has 11 nitrogen and oxygen atoms in total. The zero-order valence-electron chi connectivity index (χ0n) is 28.8. The molecule has 2 fully saturated rings. The van der Waals surface area contributed by atoms with Gasteiger partial charge < -0.3 is 34.6 Å². The third kappa shape index (κ3) is 13.8. The Morgan fingerprint density at radius 2 is 1.98 bits per heavy atom. The average Bonchev–Trinajstić information content (AvgIpc) is 3.59. The molecular weight excluding hydrogens is 637 g/mol. The number of amides is 1. The van der Waals surface area contributed by atoms with Crippen molar-refractivity contribution in [2.45, 2.75) is 104 Å². The van der Waals surface area contributed by atoms with E-state index >= 15 is 0 Å². The predicted molar refractivity (Wildman–Crippen MR) is 179 cm³/mol. The minimum atomic E-state index is -1.17. The Morgan fingerprint density at radius 3 is 2.51 bits per heavy atom. The van der Waals surface area contributed by atoms with Gasteiger partial charge in [0.05, 0.1) is 30.3 Å². The fourth-order valence-corrected chi connectivity index (χ4v) is 6.06. The van der Waals surface area contributed by atoms with Gasteiger partial charge in [0.1, 0.15) is 17.7 Å². The molecule has 1 saturated carbocycles. The van der Waals surface area contributed by atoms with Gasteiger partial charge in [-0.3, -0.25) is 4.79 Å². The first kappa shape index (κ1) is 41.8. The number of aromatic nitrogens is 2. The van der Waals surface area contributed by atoms with Gasteiger partial charge in [-0.2, -0.15) is 5.26 Å². The number of ether oxygens (including phenoxy) is 1. The van der Waals surface area contributed by atoms with E-state index in [1.54, 1.807) is 27.9 Å². The number of fused-ring (bicyclic) bond motifs is 1. The minimum absolute atomic E-state index is 0. The van der Waals surface area contributed by atoms with Crippen LogP contribution in [0.25, 0.3) is 11.0 Å². The van der Waals surface area contributed by atoms with E-state index in [1.807, 2.05) is 36.4 Å². The summed E-state index contributed by atoms with van der Waals surface area (Å²) in [6.45, 7) is 8.68. The Balaban J connectivity index is 0.000000403. The van der Waals surface area contributed by atoms with E-state index in [2.05, 4.69) is 28.3 Å². The zero-order chi connectivity index (χ0) is 34.3. The second-order valence-corrected chi connectivity index (χ2v) is 13.5. The Labute approximate surface area is 291 Å². The van der Waals surface area contributed by atoms with Gasteiger partial charge in [-0.15, -0.1) is 0 Å². The van der Waals surface area contributed by atoms with E-state index in [9.17, 15) is 19.2 Å². The first-order chi connectivity index (χ1) is 21.8. The number of hydrogen-bond donors (Lipinski definition) is 3. The summed E-state index contributed by atoms with van der Waals surface area (Å²) < 4.78 is 5.18. The number of hydrogen-bond acceptors (Lipinski definition) is 8. The average molecular weight is 690 g/mol. The van der Waals surface area contributed by atoms with Crippen molar-refractivity contribution >= 4 is 29.7 Å². The number of benzene rings is 1. The molecule has 259 valence electrons. The molecule has 1 aliphatic carbocycles. The number of likely N-dealkylation sites (N-methyl/N-ethyl adjacent to an activating group) is 1. The van der Waals surface area contributed by atoms with Crippen molar-refractivity contribution in [3.05, 3.63) is 34.2 Å². The molecule has 12 heteroatoms. The van der Waals surface area contributed by atoms with E-state index in [4.69, 9.17) is 15.1 Å². The molecule has 3 N–H and O–H groups in total. The van der Waals surface area contributed by atoms with Crippen LogP contribution in [0.4, 0.5) is 4.79 Å². The van der Waals surface area contributed by atoms with Crippen LogP contribution in [-0.4, -0.2) is 71.4 Å². The maximum atomic E-state index is 12.2. The number of nitrogens with one attached hydrogen (secondary N) is 2. The van der Waals surface area contributed by atoms with Crippen molar-refractivity contribution in [2.24, 2.45) is 23.2 Å². The largest absolute Gasteiger partial charge is 0.540 e. The number of rotatable bonds is 11. The molecule has 0 bridgehead atoms. The summed E-state index contributed by atoms with van der Waals surface area (Å²) >= 11 is 0. The first-order valence-corrected chi connectivity index (χ1v) is 16.3. The molecule has 1 aromatic carbocycles. The summed E-state index contributed by atoms with van der Waals surface area (Å²) in [4.78, 5) is 52.5. The van der Waals surface area contributed by atoms with E-state index in [0.717, 1.165) is 54.4 Å². The molecule has 1 radical (unpaired) electrons. The molecule has 4 rings (SSSR count). The van der Waals surface area contributed by atoms with Gasteiger partial charge >= 0.3 is 6.09 Å². The Bertz CT molecular complexity index is 1370. The fraction of sp³-hybridized carbons (Fsp3) is 0.657. The molecular formula is C35H52N5O6V-. The quantitative estimate of drug-likeness (QED) is 0.153. The number of carbonyl (C=O) groups excluding carboxylic acids is 2. The van der Waals surface area contributed by atoms with Gasteiger partial charge in [-0.05, 0) is 68.2 Å². The van der Waals surface area contributed by atoms with Crippen LogP contribution < -0.4 is 15.6 Å². The van der Waals surface area contributed by atoms with Gasteiger partial charge in [0.15, 0.2) is 0 Å². The topological polar surface area (TPSA) is 165 Å². The summed E-state index contributed by atoms with van der Waals surface area (Å²) in [5.41, 5.74) is 1.78. The van der Waals surface area contributed by atoms with Gasteiger partial charge in [0.25, 0.3) is 5.56 Å². The van der Waals surface area contributed by atoms with Crippen molar-refractivity contribution < 1.29 is 42.8 Å². The second kappa shape index (κ2) is 20.9. The molecule has 1 amide bonds. The third-order valence-corrected chi connectivity index (χ3v) is 9.09. The first-order valence-electron chi connectivity index (χ1n) is 16.3. The summed E-state index contributed by atoms with van der Waals surface area (Å²) in [6.07, 6.45) is 12.7. The van der Waals surface area contributed by atoms with Crippen LogP contribution in [0.3, 0.4) is 0 Å². The van der Waals surface area contributed by atoms with E-state index in [-0.39, 0.29) is 41.5 Å². The number of aryl methyl sites for hydroxylation is 1. The van der Waals surface area contributed by atoms with Gasteiger partial charge in [0.2, 0.25) is 0 Å². The number of methoxy groups -OCH3 is 1. The zero-order valence-corrected chi connectivity index (χ0v) is 30.1. The number of carbonyl (C=O) groups is 2. The Morgan fingerprint density at radius 1 is 1.26 bits per heavy atom. The molecule has 47 heavy (non-hydrogen) atoms. The van der Waals surface area contributed by atoms with Crippen molar-refractivity contribution in [3.63, 3.8) is 0 Å². The van der Waals surface area contributed by atoms with Gasteiger partial charge in [-0.25, -0.2) is 16.1 Å². The Kier molecular flexibility index (Phi) is 18.6. The maximum absolute atomic E-state index is 12.2. The number of nitrogens with zero attached hydrogens (tertiary/aromatic N) is 3. The molecule has 2 heterocycles. The smallest absolute Gasteiger partial charge is 0.405 e. The standard InChI is InChI=1S/C20H28N2O2.C8H11N2O.C7H13NO3.V/c1-14-7-6-9-15(14)8-4-3-5-10-18-20(23)22-19-13-16(24-2)11-12-17(19)21-18;1-10-5-3-7(2-4-9)8(10)6-11;1-7(2,3)5(4-9)8-6(10)11;/h11-15H,3-10H2,1-2H3,(H,22,23);7-8H,2-3,5H2,1H3;4-5,8H,1-3H3,(H,10,11);/q;-1;;. The van der Waals surface area contributed by atoms with E-state index in [0.29, 0.717) is 18.4 Å². The molecule has 0 spiro atoms. The van der Waals surface area contributed by atoms with Crippen molar-refractivity contribution in [1.29, 1.82) is 5.26 Å².